The summed E-state index contributed by atoms with van der Waals surface area (Å²) in [7, 11) is -2.70. The van der Waals surface area contributed by atoms with Gasteiger partial charge in [0.25, 0.3) is 0 Å². The van der Waals surface area contributed by atoms with E-state index in [4.69, 9.17) is 156 Å². The first-order valence-corrected chi connectivity index (χ1v) is 36.8. The van der Waals surface area contributed by atoms with Gasteiger partial charge in [0.05, 0.1) is 64.8 Å². The third-order valence-corrected chi connectivity index (χ3v) is 20.0. The van der Waals surface area contributed by atoms with Gasteiger partial charge >= 0.3 is 30.2 Å². The number of ether oxygens (including phenoxy) is 10. The van der Waals surface area contributed by atoms with Gasteiger partial charge in [-0.15, -0.1) is 0 Å². The molecular formula is C61H92Cl9N3O16Si. The Morgan fingerprint density at radius 1 is 0.567 bits per heavy atom. The molecule has 1 saturated heterocycles. The molecule has 0 saturated carbocycles. The van der Waals surface area contributed by atoms with Crippen LogP contribution in [0.5, 0.6) is 0 Å². The lowest BCUT2D eigenvalue weighted by molar-refractivity contribution is -0.282. The molecule has 29 heteroatoms. The van der Waals surface area contributed by atoms with Crippen LogP contribution in [0.25, 0.3) is 0 Å². The van der Waals surface area contributed by atoms with E-state index in [0.29, 0.717) is 19.3 Å². The van der Waals surface area contributed by atoms with Gasteiger partial charge in [-0.25, -0.2) is 14.4 Å². The van der Waals surface area contributed by atoms with Gasteiger partial charge in [-0.2, -0.15) is 0 Å². The number of benzene rings is 2. The molecule has 514 valence electrons. The van der Waals surface area contributed by atoms with Crippen LogP contribution < -0.4 is 16.0 Å². The van der Waals surface area contributed by atoms with Gasteiger partial charge < -0.3 is 67.7 Å². The minimum atomic E-state index is -2.70. The van der Waals surface area contributed by atoms with Gasteiger partial charge in [-0.1, -0.05) is 264 Å². The molecule has 2 aromatic rings. The fourth-order valence-corrected chi connectivity index (χ4v) is 10.2. The van der Waals surface area contributed by atoms with Crippen LogP contribution in [0.15, 0.2) is 60.7 Å². The molecule has 19 nitrogen and oxygen atoms in total. The SMILES string of the molecule is CCCCCCCCCCC[C@H](CC(=O)O[C@@H]1[C@H](NC(=O)OCC(Cl)(Cl)Cl)[C@@H](OC[C@H](COCc2ccccc2)NC(=O)OCC(Cl)(Cl)Cl)O[C@H](CO[Si](C)(C)C(C)(C)C)[C@H]1OC[C@H](COCc1ccccc1)NC(=O)OCC(Cl)(Cl)Cl)OC(=O)CCCCC. The molecule has 0 aromatic heterocycles. The monoisotopic (exact) mass is 1470 g/mol. The summed E-state index contributed by atoms with van der Waals surface area (Å²) < 4.78 is 61.7. The van der Waals surface area contributed by atoms with Gasteiger partial charge in [0, 0.05) is 6.42 Å². The molecule has 0 radical (unpaired) electrons. The van der Waals surface area contributed by atoms with Crippen LogP contribution >= 0.6 is 104 Å². The first-order valence-electron chi connectivity index (χ1n) is 30.5. The van der Waals surface area contributed by atoms with Crippen LogP contribution in [0.3, 0.4) is 0 Å². The number of hydrogen-bond donors (Lipinski definition) is 3. The molecule has 0 unspecified atom stereocenters. The fourth-order valence-electron chi connectivity index (χ4n) is 8.74. The summed E-state index contributed by atoms with van der Waals surface area (Å²) in [6.07, 6.45) is 1.55. The van der Waals surface area contributed by atoms with E-state index in [2.05, 4.69) is 22.9 Å². The Morgan fingerprint density at radius 3 is 1.50 bits per heavy atom. The van der Waals surface area contributed by atoms with Crippen molar-refractivity contribution in [1.82, 2.24) is 16.0 Å². The van der Waals surface area contributed by atoms with E-state index in [0.717, 1.165) is 62.5 Å². The Balaban J connectivity index is 2.25. The summed E-state index contributed by atoms with van der Waals surface area (Å²) in [5.74, 6) is -1.34. The van der Waals surface area contributed by atoms with Crippen molar-refractivity contribution < 1.29 is 75.8 Å². The van der Waals surface area contributed by atoms with Crippen LogP contribution in [-0.2, 0) is 74.6 Å². The number of esters is 2. The zero-order valence-corrected chi connectivity index (χ0v) is 60.3. The lowest BCUT2D eigenvalue weighted by atomic mass is 9.96. The van der Waals surface area contributed by atoms with Crippen molar-refractivity contribution in [2.45, 2.75) is 222 Å². The number of carbonyl (C=O) groups is 5. The third kappa shape index (κ3) is 37.2. The zero-order chi connectivity index (χ0) is 66.8. The molecule has 0 bridgehead atoms. The molecule has 1 heterocycles. The maximum absolute atomic E-state index is 15.0. The van der Waals surface area contributed by atoms with E-state index in [1.165, 1.54) is 12.8 Å². The highest BCUT2D eigenvalue weighted by Crippen LogP contribution is 2.38. The van der Waals surface area contributed by atoms with Crippen LogP contribution in [0.1, 0.15) is 142 Å². The Hall–Kier alpha value is -2.22. The second-order valence-corrected chi connectivity index (χ2v) is 35.9. The van der Waals surface area contributed by atoms with Gasteiger partial charge in [0.15, 0.2) is 20.7 Å². The van der Waals surface area contributed by atoms with Gasteiger partial charge in [0.1, 0.15) is 44.2 Å². The maximum atomic E-state index is 15.0. The first kappa shape index (κ1) is 82.0. The van der Waals surface area contributed by atoms with E-state index in [-0.39, 0.29) is 44.5 Å². The van der Waals surface area contributed by atoms with E-state index in [9.17, 15) is 24.0 Å². The van der Waals surface area contributed by atoms with Crippen molar-refractivity contribution in [3.8, 4) is 0 Å². The molecule has 1 aliphatic heterocycles. The lowest BCUT2D eigenvalue weighted by Crippen LogP contribution is -2.67. The minimum Gasteiger partial charge on any atom is -0.462 e. The highest BCUT2D eigenvalue weighted by Gasteiger charge is 2.52. The zero-order valence-electron chi connectivity index (χ0n) is 52.5. The number of amides is 3. The van der Waals surface area contributed by atoms with Gasteiger partial charge in [-0.3, -0.25) is 9.59 Å². The summed E-state index contributed by atoms with van der Waals surface area (Å²) in [6.45, 7) is 11.1. The molecule has 1 aliphatic rings. The van der Waals surface area contributed by atoms with Crippen molar-refractivity contribution >= 4 is 143 Å². The number of alkyl halides is 9. The Bertz CT molecular complexity index is 2360. The number of nitrogens with one attached hydrogen (secondary N) is 3. The predicted molar refractivity (Wildman–Crippen MR) is 356 cm³/mol. The third-order valence-electron chi connectivity index (χ3n) is 14.5. The van der Waals surface area contributed by atoms with Crippen LogP contribution in [-0.4, -0.2) is 152 Å². The molecule has 3 amide bonds. The number of hydrogen-bond acceptors (Lipinski definition) is 16. The summed E-state index contributed by atoms with van der Waals surface area (Å²) in [6, 6.07) is 14.8. The molecule has 0 spiro atoms. The van der Waals surface area contributed by atoms with E-state index < -0.39 is 138 Å². The van der Waals surface area contributed by atoms with E-state index in [1.807, 2.05) is 101 Å². The molecule has 1 fully saturated rings. The van der Waals surface area contributed by atoms with Gasteiger partial charge in [-0.05, 0) is 48.5 Å². The van der Waals surface area contributed by atoms with Crippen LogP contribution in [0.2, 0.25) is 18.1 Å². The predicted octanol–water partition coefficient (Wildman–Crippen LogP) is 15.7. The topological polar surface area (TPSA) is 223 Å². The van der Waals surface area contributed by atoms with Crippen molar-refractivity contribution in [1.29, 1.82) is 0 Å². The summed E-state index contributed by atoms with van der Waals surface area (Å²) >= 11 is 53.8. The number of rotatable bonds is 41. The Kier molecular flexibility index (Phi) is 39.2. The Morgan fingerprint density at radius 2 is 1.02 bits per heavy atom. The average Bonchev–Trinajstić information content (AvgIpc) is 0.798. The second kappa shape index (κ2) is 43.1. The molecule has 0 aliphatic carbocycles. The summed E-state index contributed by atoms with van der Waals surface area (Å²) in [5, 5.41) is 7.72. The first-order chi connectivity index (χ1) is 42.4. The van der Waals surface area contributed by atoms with Crippen LogP contribution in [0, 0.1) is 0 Å². The molecule has 3 rings (SSSR count). The van der Waals surface area contributed by atoms with Crippen molar-refractivity contribution in [2.24, 2.45) is 0 Å². The minimum absolute atomic E-state index is 0.108. The van der Waals surface area contributed by atoms with Crippen molar-refractivity contribution in [3.63, 3.8) is 0 Å². The summed E-state index contributed by atoms with van der Waals surface area (Å²) in [4.78, 5) is 69.3. The highest BCUT2D eigenvalue weighted by molar-refractivity contribution is 6.74. The van der Waals surface area contributed by atoms with Gasteiger partial charge in [0.2, 0.25) is 11.4 Å². The van der Waals surface area contributed by atoms with E-state index >= 15 is 0 Å². The van der Waals surface area contributed by atoms with Crippen molar-refractivity contribution in [2.75, 3.05) is 52.9 Å². The molecular weight excluding hydrogens is 1380 g/mol. The number of unbranched alkanes of at least 4 members (excludes halogenated alkanes) is 10. The quantitative estimate of drug-likeness (QED) is 0.0185. The maximum Gasteiger partial charge on any atom is 0.407 e. The number of alkyl carbamates (subject to hydrolysis) is 3. The van der Waals surface area contributed by atoms with Crippen LogP contribution in [0.4, 0.5) is 14.4 Å². The van der Waals surface area contributed by atoms with Crippen molar-refractivity contribution in [3.05, 3.63) is 71.8 Å². The average molecular weight is 1470 g/mol. The number of carbonyl (C=O) groups excluding carboxylic acids is 5. The lowest BCUT2D eigenvalue weighted by Gasteiger charge is -2.47. The molecule has 8 atom stereocenters. The highest BCUT2D eigenvalue weighted by atomic mass is 35.6. The standard InChI is InChI=1S/C61H92Cl9N3O16Si/c1-8-10-12-13-14-15-16-17-25-30-47(87-49(74)31-20-11-9-2)32-50(75)89-53-51(73-57(78)85-42-61(68,69)70)54(82-38-46(72-56(77)84-41-60(65,66)67)36-80-34-44-28-23-19-24-29-44)88-48(39-86-90(6,7)58(3,4)5)52(53)81-37-45(71-55(76)83-40-59(62,63)64)35-79-33-43-26-21-18-22-27-43/h18-19,21-24,26-29,45-48,51-54H,8-17,20,25,30-42H2,1-7H3,(H,71,76)(H,72,77)(H,73,78)/t45-,46-,47+,48+,51-,52+,53+,54-/m0/s1. The fraction of sp³-hybridized carbons (Fsp3) is 0.721. The smallest absolute Gasteiger partial charge is 0.407 e. The van der Waals surface area contributed by atoms with E-state index in [1.54, 1.807) is 0 Å². The summed E-state index contributed by atoms with van der Waals surface area (Å²) in [5.41, 5.74) is 1.63. The normalized spacial score (nSPS) is 18.4. The largest absolute Gasteiger partial charge is 0.462 e. The second-order valence-electron chi connectivity index (χ2n) is 23.5. The molecule has 90 heavy (non-hydrogen) atoms. The number of halogens is 9. The molecule has 2 aromatic carbocycles. The Labute approximate surface area is 577 Å². The molecule has 3 N–H and O–H groups in total.